The Bertz CT molecular complexity index is 1390. The van der Waals surface area contributed by atoms with Crippen LogP contribution in [0, 0.1) is 12.8 Å². The van der Waals surface area contributed by atoms with Crippen molar-refractivity contribution in [1.82, 2.24) is 15.1 Å². The molecule has 0 radical (unpaired) electrons. The summed E-state index contributed by atoms with van der Waals surface area (Å²) in [7, 11) is -0.877. The highest BCUT2D eigenvalue weighted by molar-refractivity contribution is 7.92. The summed E-state index contributed by atoms with van der Waals surface area (Å²) in [6.07, 6.45) is 2.98. The molecule has 0 saturated carbocycles. The van der Waals surface area contributed by atoms with Gasteiger partial charge in [0.25, 0.3) is 15.9 Å². The van der Waals surface area contributed by atoms with E-state index in [0.29, 0.717) is 22.4 Å². The monoisotopic (exact) mass is 526 g/mol. The van der Waals surface area contributed by atoms with E-state index in [1.165, 1.54) is 33.7 Å². The highest BCUT2D eigenvalue weighted by atomic mass is 32.2. The number of carbonyl (C=O) groups excluding carboxylic acids is 1. The van der Waals surface area contributed by atoms with Crippen LogP contribution in [0.3, 0.4) is 0 Å². The maximum Gasteiger partial charge on any atom is 0.339 e. The van der Waals surface area contributed by atoms with Crippen molar-refractivity contribution in [3.8, 4) is 5.75 Å². The Labute approximate surface area is 216 Å². The highest BCUT2D eigenvalue weighted by Crippen LogP contribution is 2.31. The number of anilines is 1. The summed E-state index contributed by atoms with van der Waals surface area (Å²) in [5.41, 5.74) is 1.84. The van der Waals surface area contributed by atoms with Crippen LogP contribution in [-0.2, 0) is 16.6 Å². The van der Waals surface area contributed by atoms with E-state index in [-0.39, 0.29) is 41.2 Å². The van der Waals surface area contributed by atoms with Crippen LogP contribution in [0.4, 0.5) is 5.69 Å². The zero-order valence-electron chi connectivity index (χ0n) is 21.4. The fraction of sp³-hybridized carbons (Fsp3) is 0.308. The minimum absolute atomic E-state index is 0.0291. The summed E-state index contributed by atoms with van der Waals surface area (Å²) >= 11 is 0. The minimum atomic E-state index is -4.16. The van der Waals surface area contributed by atoms with Gasteiger partial charge in [-0.25, -0.2) is 13.2 Å². The van der Waals surface area contributed by atoms with E-state index in [1.807, 2.05) is 13.8 Å². The van der Waals surface area contributed by atoms with Gasteiger partial charge < -0.3 is 14.7 Å². The van der Waals surface area contributed by atoms with Crippen LogP contribution in [0.25, 0.3) is 0 Å². The standard InChI is InChI=1S/C26H30N4O6S/c1-17(2)15-30(23-8-6-20(12-18(23)3)25(31)29(4)5)37(34,35)21-7-9-24(22(13-21)26(32)33)36-16-19-10-11-27-28-14-19/h6-14,17H,15-16H2,1-5H3,(H,32,33). The molecule has 37 heavy (non-hydrogen) atoms. The highest BCUT2D eigenvalue weighted by Gasteiger charge is 2.29. The lowest BCUT2D eigenvalue weighted by atomic mass is 10.1. The predicted molar refractivity (Wildman–Crippen MR) is 138 cm³/mol. The zero-order chi connectivity index (χ0) is 27.3. The van der Waals surface area contributed by atoms with E-state index in [4.69, 9.17) is 4.74 Å². The third-order valence-corrected chi connectivity index (χ3v) is 7.23. The molecule has 3 aromatic rings. The van der Waals surface area contributed by atoms with Crippen LogP contribution in [0.15, 0.2) is 59.8 Å². The molecule has 0 unspecified atom stereocenters. The molecule has 0 aliphatic rings. The summed E-state index contributed by atoms with van der Waals surface area (Å²) in [6.45, 7) is 5.70. The Morgan fingerprint density at radius 2 is 1.78 bits per heavy atom. The first-order valence-electron chi connectivity index (χ1n) is 11.5. The van der Waals surface area contributed by atoms with Crippen LogP contribution < -0.4 is 9.04 Å². The number of amides is 1. The molecular formula is C26H30N4O6S. The molecule has 0 spiro atoms. The molecule has 1 heterocycles. The molecule has 0 bridgehead atoms. The number of benzene rings is 2. The molecule has 0 saturated heterocycles. The average Bonchev–Trinajstić information content (AvgIpc) is 2.86. The van der Waals surface area contributed by atoms with Gasteiger partial charge in [0.2, 0.25) is 0 Å². The summed E-state index contributed by atoms with van der Waals surface area (Å²) in [4.78, 5) is 25.6. The first kappa shape index (κ1) is 27.6. The number of hydrogen-bond donors (Lipinski definition) is 1. The fourth-order valence-corrected chi connectivity index (χ4v) is 5.36. The Morgan fingerprint density at radius 1 is 1.05 bits per heavy atom. The molecular weight excluding hydrogens is 496 g/mol. The van der Waals surface area contributed by atoms with Gasteiger partial charge in [-0.3, -0.25) is 9.10 Å². The van der Waals surface area contributed by atoms with Crippen molar-refractivity contribution in [3.05, 3.63) is 77.1 Å². The van der Waals surface area contributed by atoms with Crippen molar-refractivity contribution in [2.24, 2.45) is 5.92 Å². The van der Waals surface area contributed by atoms with E-state index in [0.717, 1.165) is 6.07 Å². The molecule has 0 fully saturated rings. The van der Waals surface area contributed by atoms with Gasteiger partial charge in [0.1, 0.15) is 17.9 Å². The average molecular weight is 527 g/mol. The number of ether oxygens (including phenoxy) is 1. The molecule has 0 aliphatic carbocycles. The number of rotatable bonds is 10. The lowest BCUT2D eigenvalue weighted by molar-refractivity contribution is 0.0691. The molecule has 1 aromatic heterocycles. The molecule has 0 atom stereocenters. The molecule has 10 nitrogen and oxygen atoms in total. The second-order valence-electron chi connectivity index (χ2n) is 9.13. The third-order valence-electron chi connectivity index (χ3n) is 5.46. The molecule has 1 amide bonds. The molecule has 1 N–H and O–H groups in total. The maximum absolute atomic E-state index is 13.8. The van der Waals surface area contributed by atoms with Gasteiger partial charge in [0, 0.05) is 38.0 Å². The molecule has 196 valence electrons. The van der Waals surface area contributed by atoms with Gasteiger partial charge in [0.15, 0.2) is 0 Å². The van der Waals surface area contributed by atoms with Crippen LogP contribution >= 0.6 is 0 Å². The van der Waals surface area contributed by atoms with Crippen LogP contribution in [-0.4, -0.2) is 61.1 Å². The van der Waals surface area contributed by atoms with Crippen molar-refractivity contribution in [2.45, 2.75) is 32.3 Å². The molecule has 2 aromatic carbocycles. The second-order valence-corrected chi connectivity index (χ2v) is 11.0. The lowest BCUT2D eigenvalue weighted by Gasteiger charge is -2.28. The van der Waals surface area contributed by atoms with Gasteiger partial charge in [-0.15, -0.1) is 0 Å². The Morgan fingerprint density at radius 3 is 2.35 bits per heavy atom. The lowest BCUT2D eigenvalue weighted by Crippen LogP contribution is -2.35. The van der Waals surface area contributed by atoms with Crippen LogP contribution in [0.2, 0.25) is 0 Å². The normalized spacial score (nSPS) is 11.3. The maximum atomic E-state index is 13.8. The zero-order valence-corrected chi connectivity index (χ0v) is 22.2. The fourth-order valence-electron chi connectivity index (χ4n) is 3.64. The number of carbonyl (C=O) groups is 2. The van der Waals surface area contributed by atoms with Gasteiger partial charge in [-0.05, 0) is 60.9 Å². The Balaban J connectivity index is 2.01. The van der Waals surface area contributed by atoms with Crippen LogP contribution in [0.1, 0.15) is 45.7 Å². The van der Waals surface area contributed by atoms with Crippen molar-refractivity contribution >= 4 is 27.6 Å². The quantitative estimate of drug-likeness (QED) is 0.424. The van der Waals surface area contributed by atoms with Gasteiger partial charge >= 0.3 is 5.97 Å². The number of sulfonamides is 1. The van der Waals surface area contributed by atoms with E-state index in [2.05, 4.69) is 10.2 Å². The predicted octanol–water partition coefficient (Wildman–Crippen LogP) is 3.62. The number of aryl methyl sites for hydroxylation is 1. The summed E-state index contributed by atoms with van der Waals surface area (Å²) in [5, 5.41) is 17.2. The van der Waals surface area contributed by atoms with E-state index >= 15 is 0 Å². The van der Waals surface area contributed by atoms with E-state index in [9.17, 15) is 23.1 Å². The number of aromatic carboxylic acids is 1. The van der Waals surface area contributed by atoms with Gasteiger partial charge in [-0.2, -0.15) is 10.2 Å². The second kappa shape index (κ2) is 11.4. The van der Waals surface area contributed by atoms with Crippen molar-refractivity contribution < 1.29 is 27.9 Å². The third kappa shape index (κ3) is 6.42. The Kier molecular flexibility index (Phi) is 8.49. The molecule has 3 rings (SSSR count). The summed E-state index contributed by atoms with van der Waals surface area (Å²) < 4.78 is 34.5. The van der Waals surface area contributed by atoms with Crippen LogP contribution in [0.5, 0.6) is 5.75 Å². The molecule has 0 aliphatic heterocycles. The number of carboxylic acids is 1. The topological polar surface area (TPSA) is 130 Å². The molecule has 11 heteroatoms. The number of nitrogens with zero attached hydrogens (tertiary/aromatic N) is 4. The SMILES string of the molecule is Cc1cc(C(=O)N(C)C)ccc1N(CC(C)C)S(=O)(=O)c1ccc(OCc2ccnnc2)c(C(=O)O)c1. The number of aromatic nitrogens is 2. The first-order valence-corrected chi connectivity index (χ1v) is 13.0. The summed E-state index contributed by atoms with van der Waals surface area (Å²) in [6, 6.07) is 10.3. The van der Waals surface area contributed by atoms with Crippen molar-refractivity contribution in [2.75, 3.05) is 24.9 Å². The minimum Gasteiger partial charge on any atom is -0.488 e. The van der Waals surface area contributed by atoms with Gasteiger partial charge in [-0.1, -0.05) is 13.8 Å². The van der Waals surface area contributed by atoms with E-state index in [1.54, 1.807) is 45.3 Å². The van der Waals surface area contributed by atoms with E-state index < -0.39 is 16.0 Å². The van der Waals surface area contributed by atoms with Crippen molar-refractivity contribution in [3.63, 3.8) is 0 Å². The number of hydrogen-bond acceptors (Lipinski definition) is 7. The summed E-state index contributed by atoms with van der Waals surface area (Å²) in [5.74, 6) is -1.52. The first-order chi connectivity index (χ1) is 17.4. The number of carboxylic acid groups (broad SMARTS) is 1. The largest absolute Gasteiger partial charge is 0.488 e. The smallest absolute Gasteiger partial charge is 0.339 e. The Hall–Kier alpha value is -3.99. The van der Waals surface area contributed by atoms with Crippen molar-refractivity contribution in [1.29, 1.82) is 0 Å². The van der Waals surface area contributed by atoms with Gasteiger partial charge in [0.05, 0.1) is 16.8 Å².